The van der Waals surface area contributed by atoms with Crippen molar-refractivity contribution in [1.29, 1.82) is 0 Å². The maximum Gasteiger partial charge on any atom is 0.416 e. The molecule has 0 radical (unpaired) electrons. The monoisotopic (exact) mass is 415 g/mol. The summed E-state index contributed by atoms with van der Waals surface area (Å²) in [6, 6.07) is 8.36. The highest BCUT2D eigenvalue weighted by atomic mass is 35.5. The van der Waals surface area contributed by atoms with Gasteiger partial charge < -0.3 is 9.30 Å². The number of rotatable bonds is 3. The van der Waals surface area contributed by atoms with Crippen molar-refractivity contribution in [2.75, 3.05) is 7.11 Å². The molecule has 0 aliphatic rings. The van der Waals surface area contributed by atoms with Gasteiger partial charge in [0.2, 0.25) is 0 Å². The van der Waals surface area contributed by atoms with Crippen molar-refractivity contribution >= 4 is 40.1 Å². The van der Waals surface area contributed by atoms with E-state index in [9.17, 15) is 18.0 Å². The molecule has 0 atom stereocenters. The van der Waals surface area contributed by atoms with E-state index in [4.69, 9.17) is 27.9 Å². The van der Waals surface area contributed by atoms with E-state index >= 15 is 0 Å². The summed E-state index contributed by atoms with van der Waals surface area (Å²) in [7, 11) is 2.92. The lowest BCUT2D eigenvalue weighted by Gasteiger charge is -2.12. The number of carbonyl (C=O) groups is 1. The third-order valence-corrected chi connectivity index (χ3v) is 5.21. The van der Waals surface area contributed by atoms with Gasteiger partial charge in [-0.15, -0.1) is 0 Å². The lowest BCUT2D eigenvalue weighted by molar-refractivity contribution is -0.137. The number of halogens is 5. The van der Waals surface area contributed by atoms with Gasteiger partial charge in [-0.05, 0) is 41.3 Å². The molecule has 0 saturated heterocycles. The Morgan fingerprint density at radius 1 is 1.15 bits per heavy atom. The van der Waals surface area contributed by atoms with Gasteiger partial charge in [0.15, 0.2) is 0 Å². The first-order valence-corrected chi connectivity index (χ1v) is 8.59. The Kier molecular flexibility index (Phi) is 5.14. The third kappa shape index (κ3) is 3.64. The van der Waals surface area contributed by atoms with E-state index in [1.54, 1.807) is 23.7 Å². The SMILES string of the molecule is COC(=O)c1ccc(Cl)c(Cc2cc3ccc(C(F)(F)F)cc3n2C)c1Cl. The summed E-state index contributed by atoms with van der Waals surface area (Å²) >= 11 is 12.6. The fourth-order valence-corrected chi connectivity index (χ4v) is 3.52. The van der Waals surface area contributed by atoms with Crippen molar-refractivity contribution in [3.05, 3.63) is 68.8 Å². The topological polar surface area (TPSA) is 31.2 Å². The zero-order chi connectivity index (χ0) is 19.9. The number of nitrogens with zero attached hydrogens (tertiary/aromatic N) is 1. The molecule has 0 aliphatic heterocycles. The summed E-state index contributed by atoms with van der Waals surface area (Å²) in [5.74, 6) is -0.593. The number of esters is 1. The van der Waals surface area contributed by atoms with Gasteiger partial charge >= 0.3 is 12.1 Å². The predicted octanol–water partition coefficient (Wildman–Crippen LogP) is 5.88. The molecule has 0 fully saturated rings. The fourth-order valence-electron chi connectivity index (χ4n) is 2.94. The van der Waals surface area contributed by atoms with Gasteiger partial charge in [-0.2, -0.15) is 13.2 Å². The van der Waals surface area contributed by atoms with Gasteiger partial charge in [0.1, 0.15) is 0 Å². The van der Waals surface area contributed by atoms with E-state index < -0.39 is 17.7 Å². The van der Waals surface area contributed by atoms with Gasteiger partial charge in [0.25, 0.3) is 0 Å². The van der Waals surface area contributed by atoms with E-state index in [2.05, 4.69) is 0 Å². The normalized spacial score (nSPS) is 11.8. The highest BCUT2D eigenvalue weighted by molar-refractivity contribution is 6.38. The average Bonchev–Trinajstić information content (AvgIpc) is 2.92. The summed E-state index contributed by atoms with van der Waals surface area (Å²) in [4.78, 5) is 11.8. The molecule has 1 aromatic heterocycles. The largest absolute Gasteiger partial charge is 0.465 e. The Morgan fingerprint density at radius 3 is 2.48 bits per heavy atom. The number of aromatic nitrogens is 1. The van der Waals surface area contributed by atoms with Gasteiger partial charge in [0.05, 0.1) is 23.3 Å². The number of carbonyl (C=O) groups excluding carboxylic acids is 1. The van der Waals surface area contributed by atoms with Crippen molar-refractivity contribution in [3.8, 4) is 0 Å². The molecular formula is C19H14Cl2F3NO2. The molecule has 1 heterocycles. The maximum absolute atomic E-state index is 13.0. The smallest absolute Gasteiger partial charge is 0.416 e. The molecule has 27 heavy (non-hydrogen) atoms. The van der Waals surface area contributed by atoms with Crippen LogP contribution in [0.2, 0.25) is 10.0 Å². The second kappa shape index (κ2) is 7.09. The molecule has 3 nitrogen and oxygen atoms in total. The highest BCUT2D eigenvalue weighted by Gasteiger charge is 2.31. The fraction of sp³-hybridized carbons (Fsp3) is 0.211. The minimum atomic E-state index is -4.42. The van der Waals surface area contributed by atoms with Crippen LogP contribution >= 0.6 is 23.2 Å². The van der Waals surface area contributed by atoms with Crippen LogP contribution in [-0.4, -0.2) is 17.6 Å². The second-order valence-electron chi connectivity index (χ2n) is 6.02. The van der Waals surface area contributed by atoms with Crippen LogP contribution in [0.25, 0.3) is 10.9 Å². The van der Waals surface area contributed by atoms with Crippen LogP contribution in [0.4, 0.5) is 13.2 Å². The predicted molar refractivity (Wildman–Crippen MR) is 98.5 cm³/mol. The molecule has 3 aromatic rings. The molecular weight excluding hydrogens is 402 g/mol. The molecule has 8 heteroatoms. The Labute approximate surface area is 163 Å². The first-order chi connectivity index (χ1) is 12.6. The Hall–Kier alpha value is -2.18. The van der Waals surface area contributed by atoms with Crippen LogP contribution in [0.3, 0.4) is 0 Å². The van der Waals surface area contributed by atoms with Crippen molar-refractivity contribution in [2.24, 2.45) is 7.05 Å². The molecule has 0 bridgehead atoms. The summed E-state index contributed by atoms with van der Waals surface area (Å²) < 4.78 is 45.3. The molecule has 142 valence electrons. The molecule has 2 aromatic carbocycles. The molecule has 0 unspecified atom stereocenters. The highest BCUT2D eigenvalue weighted by Crippen LogP contribution is 2.34. The van der Waals surface area contributed by atoms with Gasteiger partial charge in [-0.1, -0.05) is 29.3 Å². The third-order valence-electron chi connectivity index (χ3n) is 4.42. The van der Waals surface area contributed by atoms with Crippen molar-refractivity contribution in [2.45, 2.75) is 12.6 Å². The van der Waals surface area contributed by atoms with Gasteiger partial charge in [-0.3, -0.25) is 0 Å². The van der Waals surface area contributed by atoms with Crippen LogP contribution in [0, 0.1) is 0 Å². The van der Waals surface area contributed by atoms with E-state index in [0.29, 0.717) is 27.2 Å². The summed E-state index contributed by atoms with van der Waals surface area (Å²) in [5, 5.41) is 1.18. The molecule has 0 spiro atoms. The Balaban J connectivity index is 2.07. The van der Waals surface area contributed by atoms with Crippen LogP contribution in [0.1, 0.15) is 27.2 Å². The number of methoxy groups -OCH3 is 1. The molecule has 0 aliphatic carbocycles. The average molecular weight is 416 g/mol. The second-order valence-corrected chi connectivity index (χ2v) is 6.81. The van der Waals surface area contributed by atoms with Crippen molar-refractivity contribution < 1.29 is 22.7 Å². The number of aryl methyl sites for hydroxylation is 1. The van der Waals surface area contributed by atoms with Crippen LogP contribution in [0.15, 0.2) is 36.4 Å². The number of fused-ring (bicyclic) bond motifs is 1. The summed E-state index contributed by atoms with van der Waals surface area (Å²) in [6.45, 7) is 0. The number of hydrogen-bond donors (Lipinski definition) is 0. The summed E-state index contributed by atoms with van der Waals surface area (Å²) in [5.41, 5.74) is 1.11. The number of ether oxygens (including phenoxy) is 1. The summed E-state index contributed by atoms with van der Waals surface area (Å²) in [6.07, 6.45) is -4.17. The number of benzene rings is 2. The maximum atomic E-state index is 13.0. The zero-order valence-electron chi connectivity index (χ0n) is 14.3. The molecule has 0 N–H and O–H groups in total. The van der Waals surface area contributed by atoms with E-state index in [1.165, 1.54) is 19.2 Å². The zero-order valence-corrected chi connectivity index (χ0v) is 15.8. The van der Waals surface area contributed by atoms with E-state index in [0.717, 1.165) is 12.1 Å². The van der Waals surface area contributed by atoms with Crippen LogP contribution in [0.5, 0.6) is 0 Å². The molecule has 0 saturated carbocycles. The van der Waals surface area contributed by atoms with Crippen molar-refractivity contribution in [3.63, 3.8) is 0 Å². The Morgan fingerprint density at radius 2 is 1.85 bits per heavy atom. The van der Waals surface area contributed by atoms with E-state index in [1.807, 2.05) is 0 Å². The number of alkyl halides is 3. The van der Waals surface area contributed by atoms with Gasteiger partial charge in [0, 0.05) is 29.7 Å². The molecule has 3 rings (SSSR count). The lowest BCUT2D eigenvalue weighted by atomic mass is 10.1. The van der Waals surface area contributed by atoms with Gasteiger partial charge in [-0.25, -0.2) is 4.79 Å². The lowest BCUT2D eigenvalue weighted by Crippen LogP contribution is -2.06. The molecule has 0 amide bonds. The Bertz CT molecular complexity index is 1040. The standard InChI is InChI=1S/C19H14Cl2F3NO2/c1-25-12(7-10-3-4-11(8-16(10)25)19(22,23)24)9-14-15(20)6-5-13(17(14)21)18(26)27-2/h3-8H,9H2,1-2H3. The van der Waals surface area contributed by atoms with Crippen LogP contribution < -0.4 is 0 Å². The van der Waals surface area contributed by atoms with Crippen molar-refractivity contribution in [1.82, 2.24) is 4.57 Å². The van der Waals surface area contributed by atoms with Crippen LogP contribution in [-0.2, 0) is 24.4 Å². The minimum absolute atomic E-state index is 0.163. The quantitative estimate of drug-likeness (QED) is 0.500. The van der Waals surface area contributed by atoms with E-state index in [-0.39, 0.29) is 17.0 Å². The number of hydrogen-bond acceptors (Lipinski definition) is 2. The minimum Gasteiger partial charge on any atom is -0.465 e. The first kappa shape index (κ1) is 19.6. The first-order valence-electron chi connectivity index (χ1n) is 7.84.